The minimum atomic E-state index is -0.383. The van der Waals surface area contributed by atoms with E-state index in [1.165, 1.54) is 5.56 Å². The Kier molecular flexibility index (Phi) is 4.43. The summed E-state index contributed by atoms with van der Waals surface area (Å²) in [6.07, 6.45) is 2.14. The summed E-state index contributed by atoms with van der Waals surface area (Å²) in [5, 5.41) is -0.0473. The van der Waals surface area contributed by atoms with Crippen LogP contribution in [0, 0.1) is 6.92 Å². The largest absolute Gasteiger partial charge is 0.341 e. The minimum Gasteiger partial charge on any atom is -0.341 e. The molecule has 22 heavy (non-hydrogen) atoms. The number of nitrogens with zero attached hydrogens (tertiary/aromatic N) is 2. The van der Waals surface area contributed by atoms with Crippen molar-refractivity contribution in [2.45, 2.75) is 38.1 Å². The van der Waals surface area contributed by atoms with E-state index in [0.29, 0.717) is 5.75 Å². The van der Waals surface area contributed by atoms with Crippen molar-refractivity contribution in [3.8, 4) is 0 Å². The molecule has 0 radical (unpaired) electrons. The molecule has 1 aromatic rings. The number of carbonyl (C=O) groups excluding carboxylic acids is 2. The van der Waals surface area contributed by atoms with Gasteiger partial charge in [-0.1, -0.05) is 29.8 Å². The van der Waals surface area contributed by atoms with Crippen LogP contribution in [0.3, 0.4) is 0 Å². The Labute approximate surface area is 135 Å². The van der Waals surface area contributed by atoms with Crippen molar-refractivity contribution in [2.24, 2.45) is 0 Å². The fourth-order valence-electron chi connectivity index (χ4n) is 3.26. The van der Waals surface area contributed by atoms with Gasteiger partial charge >= 0.3 is 0 Å². The molecule has 4 nitrogen and oxygen atoms in total. The maximum Gasteiger partial charge on any atom is 0.245 e. The Morgan fingerprint density at radius 2 is 2.05 bits per heavy atom. The van der Waals surface area contributed by atoms with Crippen molar-refractivity contribution in [3.05, 3.63) is 35.4 Å². The van der Waals surface area contributed by atoms with Gasteiger partial charge in [-0.3, -0.25) is 9.59 Å². The van der Waals surface area contributed by atoms with Gasteiger partial charge in [0.05, 0.1) is 5.75 Å². The van der Waals surface area contributed by atoms with Gasteiger partial charge in [-0.05, 0) is 32.3 Å². The van der Waals surface area contributed by atoms with Crippen LogP contribution in [0.2, 0.25) is 0 Å². The smallest absolute Gasteiger partial charge is 0.245 e. The summed E-state index contributed by atoms with van der Waals surface area (Å²) in [5.74, 6) is 0.610. The van der Waals surface area contributed by atoms with E-state index < -0.39 is 0 Å². The van der Waals surface area contributed by atoms with E-state index in [-0.39, 0.29) is 23.2 Å². The lowest BCUT2D eigenvalue weighted by atomic mass is 10.1. The molecule has 5 heteroatoms. The van der Waals surface area contributed by atoms with Gasteiger partial charge in [0, 0.05) is 13.1 Å². The second-order valence-electron chi connectivity index (χ2n) is 6.09. The van der Waals surface area contributed by atoms with Crippen molar-refractivity contribution in [2.75, 3.05) is 18.8 Å². The molecule has 0 saturated carbocycles. The predicted molar refractivity (Wildman–Crippen MR) is 88.5 cm³/mol. The second kappa shape index (κ2) is 6.32. The van der Waals surface area contributed by atoms with Crippen molar-refractivity contribution in [3.63, 3.8) is 0 Å². The van der Waals surface area contributed by atoms with Crippen LogP contribution in [0.1, 0.15) is 36.3 Å². The van der Waals surface area contributed by atoms with Crippen LogP contribution in [0.4, 0.5) is 0 Å². The highest BCUT2D eigenvalue weighted by molar-refractivity contribution is 8.00. The number of rotatable bonds is 3. The molecule has 1 aromatic carbocycles. The molecule has 2 amide bonds. The number of amides is 2. The molecule has 0 aliphatic carbocycles. The molecule has 3 rings (SSSR count). The third kappa shape index (κ3) is 2.86. The first-order valence-electron chi connectivity index (χ1n) is 7.86. The normalized spacial score (nSPS) is 23.2. The highest BCUT2D eigenvalue weighted by Gasteiger charge is 2.40. The summed E-state index contributed by atoms with van der Waals surface area (Å²) in [4.78, 5) is 28.7. The molecule has 2 saturated heterocycles. The number of hydrogen-bond donors (Lipinski definition) is 0. The first-order valence-corrected chi connectivity index (χ1v) is 8.91. The Morgan fingerprint density at radius 3 is 2.73 bits per heavy atom. The van der Waals surface area contributed by atoms with Gasteiger partial charge in [0.2, 0.25) is 11.8 Å². The molecule has 2 aliphatic rings. The average molecular weight is 318 g/mol. The van der Waals surface area contributed by atoms with Crippen LogP contribution in [0.15, 0.2) is 24.3 Å². The van der Waals surface area contributed by atoms with Crippen molar-refractivity contribution in [1.82, 2.24) is 9.80 Å². The van der Waals surface area contributed by atoms with Crippen LogP contribution in [-0.2, 0) is 9.59 Å². The quantitative estimate of drug-likeness (QED) is 0.860. The number of benzene rings is 1. The molecule has 2 aliphatic heterocycles. The van der Waals surface area contributed by atoms with Gasteiger partial charge < -0.3 is 9.80 Å². The molecule has 2 heterocycles. The van der Waals surface area contributed by atoms with E-state index >= 15 is 0 Å². The van der Waals surface area contributed by atoms with E-state index in [2.05, 4.69) is 6.07 Å². The number of carbonyl (C=O) groups is 2. The van der Waals surface area contributed by atoms with Gasteiger partial charge in [-0.2, -0.15) is 0 Å². The Hall–Kier alpha value is -1.49. The summed E-state index contributed by atoms with van der Waals surface area (Å²) >= 11 is 1.61. The molecule has 0 aromatic heterocycles. The maximum atomic E-state index is 12.6. The van der Waals surface area contributed by atoms with Gasteiger partial charge in [-0.25, -0.2) is 0 Å². The zero-order chi connectivity index (χ0) is 15.7. The van der Waals surface area contributed by atoms with E-state index in [4.69, 9.17) is 0 Å². The first-order chi connectivity index (χ1) is 10.6. The molecule has 2 unspecified atom stereocenters. The number of aryl methyl sites for hydroxylation is 1. The highest BCUT2D eigenvalue weighted by Crippen LogP contribution is 2.40. The number of hydrogen-bond acceptors (Lipinski definition) is 3. The Balaban J connectivity index is 1.82. The monoisotopic (exact) mass is 318 g/mol. The molecule has 2 atom stereocenters. The zero-order valence-corrected chi connectivity index (χ0v) is 13.9. The standard InChI is InChI=1S/C17H22N2O2S/c1-12-6-5-7-14(10-12)17-19(15(20)11-22-17)13(2)16(21)18-8-3-4-9-18/h5-7,10,13,17H,3-4,8-9,11H2,1-2H3. The van der Waals surface area contributed by atoms with E-state index in [1.54, 1.807) is 16.7 Å². The summed E-state index contributed by atoms with van der Waals surface area (Å²) in [7, 11) is 0. The van der Waals surface area contributed by atoms with Gasteiger partial charge in [0.1, 0.15) is 11.4 Å². The van der Waals surface area contributed by atoms with Crippen molar-refractivity contribution < 1.29 is 9.59 Å². The Morgan fingerprint density at radius 1 is 1.32 bits per heavy atom. The second-order valence-corrected chi connectivity index (χ2v) is 7.16. The third-order valence-electron chi connectivity index (χ3n) is 4.42. The molecular formula is C17H22N2O2S. The maximum absolute atomic E-state index is 12.6. The lowest BCUT2D eigenvalue weighted by molar-refractivity contribution is -0.143. The fraction of sp³-hybridized carbons (Fsp3) is 0.529. The third-order valence-corrected chi connectivity index (χ3v) is 5.65. The predicted octanol–water partition coefficient (Wildman–Crippen LogP) is 2.58. The Bertz CT molecular complexity index is 584. The minimum absolute atomic E-state index is 0.0473. The van der Waals surface area contributed by atoms with Gasteiger partial charge in [0.25, 0.3) is 0 Å². The first kappa shape index (κ1) is 15.4. The van der Waals surface area contributed by atoms with Crippen LogP contribution in [-0.4, -0.2) is 46.5 Å². The van der Waals surface area contributed by atoms with E-state index in [1.807, 2.05) is 36.9 Å². The van der Waals surface area contributed by atoms with Crippen molar-refractivity contribution >= 4 is 23.6 Å². The lowest BCUT2D eigenvalue weighted by Gasteiger charge is -2.32. The van der Waals surface area contributed by atoms with Crippen LogP contribution in [0.5, 0.6) is 0 Å². The highest BCUT2D eigenvalue weighted by atomic mass is 32.2. The van der Waals surface area contributed by atoms with E-state index in [0.717, 1.165) is 31.5 Å². The molecule has 0 bridgehead atoms. The number of thioether (sulfide) groups is 1. The van der Waals surface area contributed by atoms with Gasteiger partial charge in [-0.15, -0.1) is 11.8 Å². The summed E-state index contributed by atoms with van der Waals surface area (Å²) in [5.41, 5.74) is 2.29. The summed E-state index contributed by atoms with van der Waals surface area (Å²) in [6.45, 7) is 5.57. The van der Waals surface area contributed by atoms with Crippen LogP contribution >= 0.6 is 11.8 Å². The molecular weight excluding hydrogens is 296 g/mol. The average Bonchev–Trinajstić information content (AvgIpc) is 3.15. The fourth-order valence-corrected chi connectivity index (χ4v) is 4.51. The number of likely N-dealkylation sites (tertiary alicyclic amines) is 1. The molecule has 2 fully saturated rings. The molecule has 118 valence electrons. The molecule has 0 N–H and O–H groups in total. The lowest BCUT2D eigenvalue weighted by Crippen LogP contribution is -2.47. The van der Waals surface area contributed by atoms with Crippen LogP contribution < -0.4 is 0 Å². The van der Waals surface area contributed by atoms with Crippen LogP contribution in [0.25, 0.3) is 0 Å². The molecule has 0 spiro atoms. The summed E-state index contributed by atoms with van der Waals surface area (Å²) < 4.78 is 0. The zero-order valence-electron chi connectivity index (χ0n) is 13.1. The van der Waals surface area contributed by atoms with E-state index in [9.17, 15) is 9.59 Å². The van der Waals surface area contributed by atoms with Gasteiger partial charge in [0.15, 0.2) is 0 Å². The topological polar surface area (TPSA) is 40.6 Å². The summed E-state index contributed by atoms with van der Waals surface area (Å²) in [6, 6.07) is 7.83. The SMILES string of the molecule is Cc1cccc(C2SCC(=O)N2C(C)C(=O)N2CCCC2)c1. The van der Waals surface area contributed by atoms with Crippen molar-refractivity contribution in [1.29, 1.82) is 0 Å².